The molecule has 0 heterocycles. The Labute approximate surface area is 218 Å². The normalized spacial score (nSPS) is 11.9. The van der Waals surface area contributed by atoms with Gasteiger partial charge in [-0.1, -0.05) is 47.5 Å². The van der Waals surface area contributed by atoms with Gasteiger partial charge in [0.1, 0.15) is 18.3 Å². The van der Waals surface area contributed by atoms with Crippen molar-refractivity contribution in [2.75, 3.05) is 25.0 Å². The van der Waals surface area contributed by atoms with E-state index in [2.05, 4.69) is 5.32 Å². The van der Waals surface area contributed by atoms with Crippen molar-refractivity contribution in [3.8, 4) is 5.75 Å². The van der Waals surface area contributed by atoms with Crippen LogP contribution in [0, 0.1) is 13.8 Å². The molecule has 196 valence electrons. The molecule has 9 heteroatoms. The van der Waals surface area contributed by atoms with Gasteiger partial charge in [0, 0.05) is 13.6 Å². The van der Waals surface area contributed by atoms with Crippen molar-refractivity contribution < 1.29 is 22.7 Å². The van der Waals surface area contributed by atoms with Gasteiger partial charge < -0.3 is 15.0 Å². The molecule has 0 aliphatic heterocycles. The minimum Gasteiger partial charge on any atom is -0.497 e. The molecule has 0 saturated heterocycles. The number of benzene rings is 3. The number of hydrogen-bond acceptors (Lipinski definition) is 5. The highest BCUT2D eigenvalue weighted by atomic mass is 32.2. The summed E-state index contributed by atoms with van der Waals surface area (Å²) in [7, 11) is -1.02. The van der Waals surface area contributed by atoms with Crippen LogP contribution in [0.5, 0.6) is 5.75 Å². The topological polar surface area (TPSA) is 96.0 Å². The first-order chi connectivity index (χ1) is 17.6. The zero-order chi connectivity index (χ0) is 27.2. The second kappa shape index (κ2) is 11.9. The first-order valence-corrected chi connectivity index (χ1v) is 13.3. The van der Waals surface area contributed by atoms with E-state index >= 15 is 0 Å². The van der Waals surface area contributed by atoms with Gasteiger partial charge in [0.25, 0.3) is 10.0 Å². The number of hydrogen-bond donors (Lipinski definition) is 1. The van der Waals surface area contributed by atoms with Gasteiger partial charge >= 0.3 is 0 Å². The smallest absolute Gasteiger partial charge is 0.264 e. The molecule has 1 atom stereocenters. The molecule has 0 aliphatic carbocycles. The second-order valence-corrected chi connectivity index (χ2v) is 10.7. The Bertz CT molecular complexity index is 1320. The van der Waals surface area contributed by atoms with E-state index in [0.717, 1.165) is 21.0 Å². The van der Waals surface area contributed by atoms with E-state index < -0.39 is 28.5 Å². The number of anilines is 1. The van der Waals surface area contributed by atoms with Gasteiger partial charge in [0.15, 0.2) is 0 Å². The Morgan fingerprint density at radius 1 is 0.892 bits per heavy atom. The van der Waals surface area contributed by atoms with E-state index in [1.807, 2.05) is 13.8 Å². The minimum absolute atomic E-state index is 0.0764. The molecule has 0 radical (unpaired) electrons. The predicted octanol–water partition coefficient (Wildman–Crippen LogP) is 3.67. The highest BCUT2D eigenvalue weighted by molar-refractivity contribution is 7.92. The molecule has 2 amide bonds. The lowest BCUT2D eigenvalue weighted by molar-refractivity contribution is -0.139. The molecule has 0 saturated carbocycles. The Morgan fingerprint density at radius 3 is 1.95 bits per heavy atom. The van der Waals surface area contributed by atoms with Crippen LogP contribution in [0.4, 0.5) is 5.69 Å². The summed E-state index contributed by atoms with van der Waals surface area (Å²) in [6.07, 6.45) is 0. The number of sulfonamides is 1. The number of ether oxygens (including phenoxy) is 1. The van der Waals surface area contributed by atoms with Crippen LogP contribution < -0.4 is 14.4 Å². The van der Waals surface area contributed by atoms with Crippen LogP contribution in [-0.2, 0) is 26.2 Å². The van der Waals surface area contributed by atoms with Gasteiger partial charge in [-0.05, 0) is 62.7 Å². The largest absolute Gasteiger partial charge is 0.497 e. The number of amides is 2. The number of likely N-dealkylation sites (N-methyl/N-ethyl adjacent to an activating group) is 1. The summed E-state index contributed by atoms with van der Waals surface area (Å²) in [5.41, 5.74) is 3.00. The number of carbonyl (C=O) groups is 2. The van der Waals surface area contributed by atoms with E-state index in [9.17, 15) is 18.0 Å². The van der Waals surface area contributed by atoms with Crippen LogP contribution >= 0.6 is 0 Å². The van der Waals surface area contributed by atoms with Crippen LogP contribution in [0.2, 0.25) is 0 Å². The third kappa shape index (κ3) is 6.68. The average molecular weight is 524 g/mol. The van der Waals surface area contributed by atoms with Crippen molar-refractivity contribution in [2.45, 2.75) is 38.3 Å². The lowest BCUT2D eigenvalue weighted by atomic mass is 10.1. The van der Waals surface area contributed by atoms with Crippen molar-refractivity contribution in [2.24, 2.45) is 0 Å². The standard InChI is InChI=1S/C28H33N3O5S/c1-20-6-12-24(13-7-20)31(37(34,35)26-16-8-21(2)9-17-26)19-27(32)30(22(3)28(33)29-4)18-23-10-14-25(36-5)15-11-23/h6-17,22H,18-19H2,1-5H3,(H,29,33)/t22-/m0/s1. The first-order valence-electron chi connectivity index (χ1n) is 11.9. The zero-order valence-corrected chi connectivity index (χ0v) is 22.6. The maximum absolute atomic E-state index is 13.7. The molecule has 0 bridgehead atoms. The molecule has 3 aromatic carbocycles. The number of carbonyl (C=O) groups excluding carboxylic acids is 2. The number of aryl methyl sites for hydroxylation is 2. The fourth-order valence-corrected chi connectivity index (χ4v) is 5.21. The summed E-state index contributed by atoms with van der Waals surface area (Å²) in [5.74, 6) is -0.205. The highest BCUT2D eigenvalue weighted by Gasteiger charge is 2.32. The van der Waals surface area contributed by atoms with Gasteiger partial charge in [0.05, 0.1) is 17.7 Å². The maximum Gasteiger partial charge on any atom is 0.264 e. The van der Waals surface area contributed by atoms with Crippen LogP contribution in [0.1, 0.15) is 23.6 Å². The van der Waals surface area contributed by atoms with E-state index in [1.165, 1.54) is 24.1 Å². The monoisotopic (exact) mass is 523 g/mol. The molecule has 3 aromatic rings. The molecular formula is C28H33N3O5S. The van der Waals surface area contributed by atoms with Crippen molar-refractivity contribution in [1.82, 2.24) is 10.2 Å². The molecule has 0 fully saturated rings. The molecule has 0 aliphatic rings. The fourth-order valence-electron chi connectivity index (χ4n) is 3.80. The van der Waals surface area contributed by atoms with E-state index in [-0.39, 0.29) is 17.3 Å². The molecular weight excluding hydrogens is 490 g/mol. The lowest BCUT2D eigenvalue weighted by Crippen LogP contribution is -2.50. The molecule has 0 spiro atoms. The molecule has 3 rings (SSSR count). The Kier molecular flexibility index (Phi) is 8.94. The lowest BCUT2D eigenvalue weighted by Gasteiger charge is -2.31. The third-order valence-electron chi connectivity index (χ3n) is 6.14. The summed E-state index contributed by atoms with van der Waals surface area (Å²) in [6.45, 7) is 5.02. The van der Waals surface area contributed by atoms with Crippen LogP contribution in [-0.4, -0.2) is 51.9 Å². The SMILES string of the molecule is CNC(=O)[C@H](C)N(Cc1ccc(OC)cc1)C(=O)CN(c1ccc(C)cc1)S(=O)(=O)c1ccc(C)cc1. The van der Waals surface area contributed by atoms with E-state index in [1.54, 1.807) is 74.7 Å². The predicted molar refractivity (Wildman–Crippen MR) is 144 cm³/mol. The van der Waals surface area contributed by atoms with Gasteiger partial charge in [-0.2, -0.15) is 0 Å². The van der Waals surface area contributed by atoms with E-state index in [0.29, 0.717) is 11.4 Å². The minimum atomic E-state index is -4.08. The van der Waals surface area contributed by atoms with Crippen molar-refractivity contribution in [3.05, 3.63) is 89.5 Å². The highest BCUT2D eigenvalue weighted by Crippen LogP contribution is 2.25. The summed E-state index contributed by atoms with van der Waals surface area (Å²) < 4.78 is 33.8. The summed E-state index contributed by atoms with van der Waals surface area (Å²) >= 11 is 0. The Balaban J connectivity index is 2.00. The van der Waals surface area contributed by atoms with E-state index in [4.69, 9.17) is 4.74 Å². The number of methoxy groups -OCH3 is 1. The number of nitrogens with zero attached hydrogens (tertiary/aromatic N) is 2. The Morgan fingerprint density at radius 2 is 1.43 bits per heavy atom. The first kappa shape index (κ1) is 27.7. The fraction of sp³-hybridized carbons (Fsp3) is 0.286. The zero-order valence-electron chi connectivity index (χ0n) is 21.8. The van der Waals surface area contributed by atoms with Crippen LogP contribution in [0.15, 0.2) is 77.7 Å². The summed E-state index contributed by atoms with van der Waals surface area (Å²) in [5, 5.41) is 2.57. The summed E-state index contributed by atoms with van der Waals surface area (Å²) in [6, 6.07) is 19.7. The van der Waals surface area contributed by atoms with Gasteiger partial charge in [-0.25, -0.2) is 8.42 Å². The molecule has 1 N–H and O–H groups in total. The summed E-state index contributed by atoms with van der Waals surface area (Å²) in [4.78, 5) is 27.7. The molecule has 37 heavy (non-hydrogen) atoms. The van der Waals surface area contributed by atoms with Crippen LogP contribution in [0.3, 0.4) is 0 Å². The average Bonchev–Trinajstić information content (AvgIpc) is 2.90. The second-order valence-electron chi connectivity index (χ2n) is 8.82. The van der Waals surface area contributed by atoms with Gasteiger partial charge in [-0.15, -0.1) is 0 Å². The maximum atomic E-state index is 13.7. The third-order valence-corrected chi connectivity index (χ3v) is 7.92. The molecule has 8 nitrogen and oxygen atoms in total. The van der Waals surface area contributed by atoms with Gasteiger partial charge in [-0.3, -0.25) is 13.9 Å². The number of nitrogens with one attached hydrogen (secondary N) is 1. The van der Waals surface area contributed by atoms with Crippen molar-refractivity contribution in [3.63, 3.8) is 0 Å². The molecule has 0 unspecified atom stereocenters. The number of rotatable bonds is 10. The van der Waals surface area contributed by atoms with Crippen molar-refractivity contribution in [1.29, 1.82) is 0 Å². The molecule has 0 aromatic heterocycles. The Hall–Kier alpha value is -3.85. The van der Waals surface area contributed by atoms with Crippen LogP contribution in [0.25, 0.3) is 0 Å². The van der Waals surface area contributed by atoms with Gasteiger partial charge in [0.2, 0.25) is 11.8 Å². The van der Waals surface area contributed by atoms with Crippen molar-refractivity contribution >= 4 is 27.5 Å². The quantitative estimate of drug-likeness (QED) is 0.438.